The van der Waals surface area contributed by atoms with E-state index in [1.54, 1.807) is 18.5 Å². The van der Waals surface area contributed by atoms with E-state index in [1.165, 1.54) is 23.6 Å². The van der Waals surface area contributed by atoms with E-state index in [2.05, 4.69) is 30.2 Å². The Labute approximate surface area is 145 Å². The zero-order valence-corrected chi connectivity index (χ0v) is 13.7. The number of halogens is 3. The molecule has 0 aromatic carbocycles. The van der Waals surface area contributed by atoms with E-state index in [9.17, 15) is 13.2 Å². The van der Waals surface area contributed by atoms with Crippen LogP contribution in [-0.2, 0) is 13.0 Å². The number of hydrogen-bond acceptors (Lipinski definition) is 7. The molecule has 25 heavy (non-hydrogen) atoms. The minimum Gasteiger partial charge on any atom is -0.349 e. The summed E-state index contributed by atoms with van der Waals surface area (Å²) < 4.78 is 36.8. The number of thiazole rings is 1. The maximum atomic E-state index is 12.3. The van der Waals surface area contributed by atoms with Crippen LogP contribution < -0.4 is 5.32 Å². The number of aryl methyl sites for hydroxylation is 1. The maximum absolute atomic E-state index is 12.3. The van der Waals surface area contributed by atoms with E-state index in [1.807, 2.05) is 5.38 Å². The average Bonchev–Trinajstić information content (AvgIpc) is 3.08. The molecular weight excluding hydrogens is 353 g/mol. The fourth-order valence-electron chi connectivity index (χ4n) is 1.96. The summed E-state index contributed by atoms with van der Waals surface area (Å²) in [6.07, 6.45) is -0.562. The van der Waals surface area contributed by atoms with Crippen LogP contribution in [0.5, 0.6) is 0 Å². The quantitative estimate of drug-likeness (QED) is 0.720. The number of nitrogens with one attached hydrogen (secondary N) is 1. The standard InChI is InChI=1S/C15H13F3N6S/c16-15(17,18)4-2-10-3-7-21-14(24-10)22-8-11-9-25-13(23-11)12-19-5-1-6-20-12/h1,3,5-7,9H,2,4,8H2,(H,21,22,24). The van der Waals surface area contributed by atoms with Crippen LogP contribution in [0, 0.1) is 0 Å². The second-order valence-electron chi connectivity index (χ2n) is 5.06. The molecule has 0 aliphatic rings. The molecule has 0 bridgehead atoms. The fourth-order valence-corrected chi connectivity index (χ4v) is 2.72. The van der Waals surface area contributed by atoms with Crippen molar-refractivity contribution < 1.29 is 13.2 Å². The second kappa shape index (κ2) is 7.51. The highest BCUT2D eigenvalue weighted by Crippen LogP contribution is 2.22. The number of aromatic nitrogens is 5. The molecule has 0 fully saturated rings. The number of alkyl halides is 3. The molecule has 0 saturated carbocycles. The van der Waals surface area contributed by atoms with Gasteiger partial charge in [0.25, 0.3) is 0 Å². The summed E-state index contributed by atoms with van der Waals surface area (Å²) in [7, 11) is 0. The molecule has 0 saturated heterocycles. The lowest BCUT2D eigenvalue weighted by Gasteiger charge is -2.07. The molecule has 3 heterocycles. The summed E-state index contributed by atoms with van der Waals surface area (Å²) in [5, 5.41) is 5.51. The summed E-state index contributed by atoms with van der Waals surface area (Å²) >= 11 is 1.41. The van der Waals surface area contributed by atoms with Crippen molar-refractivity contribution >= 4 is 17.3 Å². The smallest absolute Gasteiger partial charge is 0.349 e. The molecule has 0 aliphatic carbocycles. The first-order valence-corrected chi connectivity index (χ1v) is 8.22. The third-order valence-electron chi connectivity index (χ3n) is 3.11. The van der Waals surface area contributed by atoms with E-state index in [0.717, 1.165) is 5.69 Å². The van der Waals surface area contributed by atoms with Crippen molar-refractivity contribution in [2.75, 3.05) is 5.32 Å². The van der Waals surface area contributed by atoms with Crippen LogP contribution in [0.1, 0.15) is 17.8 Å². The lowest BCUT2D eigenvalue weighted by molar-refractivity contribution is -0.134. The van der Waals surface area contributed by atoms with Gasteiger partial charge in [-0.15, -0.1) is 11.3 Å². The summed E-state index contributed by atoms with van der Waals surface area (Å²) in [5.41, 5.74) is 1.09. The molecule has 0 aliphatic heterocycles. The van der Waals surface area contributed by atoms with E-state index < -0.39 is 12.6 Å². The highest BCUT2D eigenvalue weighted by atomic mass is 32.1. The number of anilines is 1. The summed E-state index contributed by atoms with van der Waals surface area (Å²) in [6, 6.07) is 3.20. The SMILES string of the molecule is FC(F)(F)CCc1ccnc(NCc2csc(-c3ncccn3)n2)n1. The molecule has 1 N–H and O–H groups in total. The molecule has 0 atom stereocenters. The Hall–Kier alpha value is -2.62. The zero-order chi connectivity index (χ0) is 17.7. The topological polar surface area (TPSA) is 76.5 Å². The van der Waals surface area contributed by atoms with Gasteiger partial charge in [0.2, 0.25) is 5.95 Å². The minimum absolute atomic E-state index is 0.174. The second-order valence-corrected chi connectivity index (χ2v) is 5.91. The lowest BCUT2D eigenvalue weighted by Crippen LogP contribution is -2.10. The van der Waals surface area contributed by atoms with Crippen molar-refractivity contribution in [1.29, 1.82) is 0 Å². The monoisotopic (exact) mass is 366 g/mol. The Kier molecular flexibility index (Phi) is 5.17. The maximum Gasteiger partial charge on any atom is 0.389 e. The van der Waals surface area contributed by atoms with E-state index in [0.29, 0.717) is 23.1 Å². The highest BCUT2D eigenvalue weighted by Gasteiger charge is 2.26. The van der Waals surface area contributed by atoms with Crippen molar-refractivity contribution in [3.63, 3.8) is 0 Å². The third kappa shape index (κ3) is 5.18. The molecular formula is C15H13F3N6S. The van der Waals surface area contributed by atoms with Crippen LogP contribution in [-0.4, -0.2) is 31.1 Å². The first-order valence-electron chi connectivity index (χ1n) is 7.34. The van der Waals surface area contributed by atoms with Crippen LogP contribution in [0.2, 0.25) is 0 Å². The molecule has 3 aromatic heterocycles. The zero-order valence-electron chi connectivity index (χ0n) is 12.9. The molecule has 0 spiro atoms. The molecule has 10 heteroatoms. The molecule has 0 unspecified atom stereocenters. The van der Waals surface area contributed by atoms with Crippen molar-refractivity contribution in [1.82, 2.24) is 24.9 Å². The Bertz CT molecular complexity index is 821. The van der Waals surface area contributed by atoms with Crippen LogP contribution in [0.15, 0.2) is 36.1 Å². The minimum atomic E-state index is -4.20. The van der Waals surface area contributed by atoms with Gasteiger partial charge in [-0.3, -0.25) is 0 Å². The van der Waals surface area contributed by atoms with Crippen LogP contribution in [0.3, 0.4) is 0 Å². The predicted octanol–water partition coefficient (Wildman–Crippen LogP) is 3.50. The average molecular weight is 366 g/mol. The summed E-state index contributed by atoms with van der Waals surface area (Å²) in [6.45, 7) is 0.353. The Morgan fingerprint density at radius 3 is 2.56 bits per heavy atom. The van der Waals surface area contributed by atoms with Gasteiger partial charge in [0, 0.05) is 36.1 Å². The van der Waals surface area contributed by atoms with Gasteiger partial charge < -0.3 is 5.32 Å². The van der Waals surface area contributed by atoms with E-state index >= 15 is 0 Å². The van der Waals surface area contributed by atoms with Crippen molar-refractivity contribution in [3.8, 4) is 10.8 Å². The van der Waals surface area contributed by atoms with Gasteiger partial charge in [0.1, 0.15) is 0 Å². The Morgan fingerprint density at radius 2 is 1.80 bits per heavy atom. The summed E-state index contributed by atoms with van der Waals surface area (Å²) in [5.74, 6) is 0.814. The van der Waals surface area contributed by atoms with Gasteiger partial charge in [-0.2, -0.15) is 13.2 Å². The number of rotatable bonds is 6. The van der Waals surface area contributed by atoms with Crippen molar-refractivity contribution in [2.24, 2.45) is 0 Å². The molecule has 0 amide bonds. The van der Waals surface area contributed by atoms with Gasteiger partial charge in [-0.05, 0) is 18.6 Å². The van der Waals surface area contributed by atoms with Gasteiger partial charge in [0.15, 0.2) is 10.8 Å². The van der Waals surface area contributed by atoms with Crippen molar-refractivity contribution in [3.05, 3.63) is 47.5 Å². The van der Waals surface area contributed by atoms with E-state index in [-0.39, 0.29) is 12.4 Å². The normalized spacial score (nSPS) is 11.5. The van der Waals surface area contributed by atoms with Crippen LogP contribution in [0.25, 0.3) is 10.8 Å². The molecule has 3 aromatic rings. The molecule has 3 rings (SSSR count). The van der Waals surface area contributed by atoms with Gasteiger partial charge >= 0.3 is 6.18 Å². The van der Waals surface area contributed by atoms with E-state index in [4.69, 9.17) is 0 Å². The van der Waals surface area contributed by atoms with Crippen LogP contribution >= 0.6 is 11.3 Å². The Balaban J connectivity index is 1.60. The Morgan fingerprint density at radius 1 is 1.00 bits per heavy atom. The fraction of sp³-hybridized carbons (Fsp3) is 0.267. The lowest BCUT2D eigenvalue weighted by atomic mass is 10.2. The third-order valence-corrected chi connectivity index (χ3v) is 4.00. The molecule has 6 nitrogen and oxygen atoms in total. The predicted molar refractivity (Wildman–Crippen MR) is 86.9 cm³/mol. The van der Waals surface area contributed by atoms with Crippen LogP contribution in [0.4, 0.5) is 19.1 Å². The van der Waals surface area contributed by atoms with Gasteiger partial charge in [0.05, 0.1) is 12.2 Å². The first-order chi connectivity index (χ1) is 12.0. The molecule has 0 radical (unpaired) electrons. The largest absolute Gasteiger partial charge is 0.389 e. The number of nitrogens with zero attached hydrogens (tertiary/aromatic N) is 5. The molecule has 130 valence electrons. The highest BCUT2D eigenvalue weighted by molar-refractivity contribution is 7.13. The first kappa shape index (κ1) is 17.2. The summed E-state index contributed by atoms with van der Waals surface area (Å²) in [4.78, 5) is 20.8. The van der Waals surface area contributed by atoms with Gasteiger partial charge in [-0.25, -0.2) is 24.9 Å². The van der Waals surface area contributed by atoms with Crippen molar-refractivity contribution in [2.45, 2.75) is 25.6 Å². The van der Waals surface area contributed by atoms with Gasteiger partial charge in [-0.1, -0.05) is 0 Å². The number of hydrogen-bond donors (Lipinski definition) is 1.